The molecule has 0 aliphatic rings. The number of thioether (sulfide) groups is 1. The minimum Gasteiger partial charge on any atom is -0.491 e. The Kier molecular flexibility index (Phi) is 7.00. The Labute approximate surface area is 152 Å². The third kappa shape index (κ3) is 5.77. The van der Waals surface area contributed by atoms with Crippen molar-refractivity contribution in [3.05, 3.63) is 59.1 Å². The molecule has 24 heavy (non-hydrogen) atoms. The van der Waals surface area contributed by atoms with E-state index in [9.17, 15) is 4.79 Å². The molecule has 0 fully saturated rings. The zero-order valence-electron chi connectivity index (χ0n) is 14.1. The van der Waals surface area contributed by atoms with E-state index in [0.717, 1.165) is 16.2 Å². The maximum Gasteiger partial charge on any atom is 0.233 e. The summed E-state index contributed by atoms with van der Waals surface area (Å²) in [6.45, 7) is 6.28. The van der Waals surface area contributed by atoms with Gasteiger partial charge in [-0.3, -0.25) is 4.79 Å². The Morgan fingerprint density at radius 1 is 1.17 bits per heavy atom. The molecule has 0 saturated carbocycles. The van der Waals surface area contributed by atoms with E-state index in [2.05, 4.69) is 5.32 Å². The quantitative estimate of drug-likeness (QED) is 0.724. The molecule has 2 aromatic rings. The van der Waals surface area contributed by atoms with Crippen molar-refractivity contribution in [2.24, 2.45) is 0 Å². The highest BCUT2D eigenvalue weighted by molar-refractivity contribution is 8.00. The number of benzene rings is 2. The van der Waals surface area contributed by atoms with Gasteiger partial charge in [0.2, 0.25) is 5.91 Å². The van der Waals surface area contributed by atoms with Gasteiger partial charge in [-0.15, -0.1) is 11.8 Å². The van der Waals surface area contributed by atoms with Gasteiger partial charge in [0.1, 0.15) is 12.4 Å². The number of halogens is 1. The molecule has 128 valence electrons. The molecule has 1 N–H and O–H groups in total. The van der Waals surface area contributed by atoms with Crippen LogP contribution >= 0.6 is 23.4 Å². The van der Waals surface area contributed by atoms with Crippen molar-refractivity contribution in [2.75, 3.05) is 6.61 Å². The number of carbonyl (C=O) groups excluding carboxylic acids is 1. The van der Waals surface area contributed by atoms with Gasteiger partial charge < -0.3 is 10.1 Å². The number of amides is 1. The first-order valence-electron chi connectivity index (χ1n) is 7.86. The fourth-order valence-corrected chi connectivity index (χ4v) is 3.11. The molecule has 2 atom stereocenters. The summed E-state index contributed by atoms with van der Waals surface area (Å²) in [5.74, 6) is 0.845. The second-order valence-electron chi connectivity index (χ2n) is 5.70. The Morgan fingerprint density at radius 3 is 2.50 bits per heavy atom. The minimum absolute atomic E-state index is 0.00386. The summed E-state index contributed by atoms with van der Waals surface area (Å²) in [6, 6.07) is 15.3. The Bertz CT molecular complexity index is 675. The highest BCUT2D eigenvalue weighted by Crippen LogP contribution is 2.24. The standard InChI is InChI=1S/C19H22ClNO2S/c1-13-6-4-5-7-18(13)23-12-14(2)21-19(22)15(3)24-17-10-8-16(20)9-11-17/h4-11,14-15H,12H2,1-3H3,(H,21,22)/t14-,15+/m0/s1. The van der Waals surface area contributed by atoms with Crippen LogP contribution in [0.1, 0.15) is 19.4 Å². The lowest BCUT2D eigenvalue weighted by Crippen LogP contribution is -2.40. The van der Waals surface area contributed by atoms with Crippen LogP contribution in [0.15, 0.2) is 53.4 Å². The summed E-state index contributed by atoms with van der Waals surface area (Å²) in [4.78, 5) is 13.3. The zero-order valence-corrected chi connectivity index (χ0v) is 15.7. The summed E-state index contributed by atoms with van der Waals surface area (Å²) in [7, 11) is 0. The minimum atomic E-state index is -0.188. The predicted molar refractivity (Wildman–Crippen MR) is 101 cm³/mol. The van der Waals surface area contributed by atoms with E-state index in [4.69, 9.17) is 16.3 Å². The molecule has 0 spiro atoms. The Hall–Kier alpha value is -1.65. The third-order valence-electron chi connectivity index (χ3n) is 3.47. The van der Waals surface area contributed by atoms with Crippen molar-refractivity contribution >= 4 is 29.3 Å². The second kappa shape index (κ2) is 9.00. The van der Waals surface area contributed by atoms with E-state index in [1.54, 1.807) is 0 Å². The molecule has 0 radical (unpaired) electrons. The number of hydrogen-bond donors (Lipinski definition) is 1. The van der Waals surface area contributed by atoms with E-state index in [1.807, 2.05) is 69.3 Å². The Balaban J connectivity index is 1.80. The van der Waals surface area contributed by atoms with Crippen molar-refractivity contribution in [2.45, 2.75) is 37.0 Å². The zero-order chi connectivity index (χ0) is 17.5. The van der Waals surface area contributed by atoms with E-state index in [-0.39, 0.29) is 17.2 Å². The molecule has 2 aromatic carbocycles. The topological polar surface area (TPSA) is 38.3 Å². The maximum atomic E-state index is 12.3. The van der Waals surface area contributed by atoms with Crippen molar-refractivity contribution in [1.82, 2.24) is 5.32 Å². The van der Waals surface area contributed by atoms with Crippen LogP contribution in [0.2, 0.25) is 5.02 Å². The molecule has 0 aromatic heterocycles. The fourth-order valence-electron chi connectivity index (χ4n) is 2.11. The number of hydrogen-bond acceptors (Lipinski definition) is 3. The summed E-state index contributed by atoms with van der Waals surface area (Å²) in [6.07, 6.45) is 0. The molecule has 0 unspecified atom stereocenters. The van der Waals surface area contributed by atoms with Crippen LogP contribution in [0.3, 0.4) is 0 Å². The molecule has 2 rings (SSSR count). The van der Waals surface area contributed by atoms with Crippen molar-refractivity contribution in [1.29, 1.82) is 0 Å². The van der Waals surface area contributed by atoms with E-state index in [1.165, 1.54) is 11.8 Å². The average Bonchev–Trinajstić information content (AvgIpc) is 2.56. The molecule has 1 amide bonds. The number of carbonyl (C=O) groups is 1. The highest BCUT2D eigenvalue weighted by atomic mass is 35.5. The van der Waals surface area contributed by atoms with E-state index < -0.39 is 0 Å². The van der Waals surface area contributed by atoms with E-state index >= 15 is 0 Å². The monoisotopic (exact) mass is 363 g/mol. The van der Waals surface area contributed by atoms with Gasteiger partial charge in [0.05, 0.1) is 11.3 Å². The predicted octanol–water partition coefficient (Wildman–Crippen LogP) is 4.71. The van der Waals surface area contributed by atoms with Gasteiger partial charge in [-0.05, 0) is 56.7 Å². The lowest BCUT2D eigenvalue weighted by Gasteiger charge is -2.18. The van der Waals surface area contributed by atoms with Gasteiger partial charge in [-0.25, -0.2) is 0 Å². The van der Waals surface area contributed by atoms with Crippen LogP contribution in [-0.4, -0.2) is 23.8 Å². The molecule has 0 heterocycles. The highest BCUT2D eigenvalue weighted by Gasteiger charge is 2.17. The summed E-state index contributed by atoms with van der Waals surface area (Å²) in [5.41, 5.74) is 1.09. The average molecular weight is 364 g/mol. The van der Waals surface area contributed by atoms with Crippen LogP contribution in [-0.2, 0) is 4.79 Å². The Morgan fingerprint density at radius 2 is 1.83 bits per heavy atom. The van der Waals surface area contributed by atoms with Crippen molar-refractivity contribution in [3.8, 4) is 5.75 Å². The molecule has 0 aliphatic carbocycles. The number of ether oxygens (including phenoxy) is 1. The molecule has 5 heteroatoms. The van der Waals surface area contributed by atoms with Gasteiger partial charge >= 0.3 is 0 Å². The van der Waals surface area contributed by atoms with Crippen LogP contribution in [0, 0.1) is 6.92 Å². The number of nitrogens with one attached hydrogen (secondary N) is 1. The smallest absolute Gasteiger partial charge is 0.233 e. The summed E-state index contributed by atoms with van der Waals surface area (Å²) >= 11 is 7.38. The lowest BCUT2D eigenvalue weighted by atomic mass is 10.2. The first-order valence-corrected chi connectivity index (χ1v) is 9.12. The summed E-state index contributed by atoms with van der Waals surface area (Å²) < 4.78 is 5.77. The lowest BCUT2D eigenvalue weighted by molar-refractivity contribution is -0.121. The van der Waals surface area contributed by atoms with Crippen molar-refractivity contribution in [3.63, 3.8) is 0 Å². The second-order valence-corrected chi connectivity index (χ2v) is 7.55. The largest absolute Gasteiger partial charge is 0.491 e. The number of aryl methyl sites for hydroxylation is 1. The molecule has 0 saturated heterocycles. The SMILES string of the molecule is Cc1ccccc1OC[C@H](C)NC(=O)[C@@H](C)Sc1ccc(Cl)cc1. The molecular weight excluding hydrogens is 342 g/mol. The number of para-hydroxylation sites is 1. The van der Waals surface area contributed by atoms with Crippen LogP contribution in [0.4, 0.5) is 0 Å². The van der Waals surface area contributed by atoms with Gasteiger partial charge in [0, 0.05) is 9.92 Å². The first kappa shape index (κ1) is 18.7. The molecular formula is C19H22ClNO2S. The first-order chi connectivity index (χ1) is 11.5. The van der Waals surface area contributed by atoms with Crippen LogP contribution in [0.5, 0.6) is 5.75 Å². The van der Waals surface area contributed by atoms with Crippen molar-refractivity contribution < 1.29 is 9.53 Å². The molecule has 0 aliphatic heterocycles. The van der Waals surface area contributed by atoms with Crippen LogP contribution < -0.4 is 10.1 Å². The van der Waals surface area contributed by atoms with Gasteiger partial charge in [0.15, 0.2) is 0 Å². The normalized spacial score (nSPS) is 13.2. The summed E-state index contributed by atoms with van der Waals surface area (Å²) in [5, 5.41) is 3.50. The molecule has 0 bridgehead atoms. The van der Waals surface area contributed by atoms with E-state index in [0.29, 0.717) is 11.6 Å². The van der Waals surface area contributed by atoms with Gasteiger partial charge in [-0.2, -0.15) is 0 Å². The van der Waals surface area contributed by atoms with Crippen LogP contribution in [0.25, 0.3) is 0 Å². The number of rotatable bonds is 7. The fraction of sp³-hybridized carbons (Fsp3) is 0.316. The molecule has 3 nitrogen and oxygen atoms in total. The third-order valence-corrected chi connectivity index (χ3v) is 4.83. The maximum absolute atomic E-state index is 12.3. The van der Waals surface area contributed by atoms with Gasteiger partial charge in [-0.1, -0.05) is 29.8 Å². The van der Waals surface area contributed by atoms with Gasteiger partial charge in [0.25, 0.3) is 0 Å².